The Bertz CT molecular complexity index is 570. The predicted octanol–water partition coefficient (Wildman–Crippen LogP) is 2.73. The topological polar surface area (TPSA) is 57.3 Å². The van der Waals surface area contributed by atoms with Gasteiger partial charge in [0.15, 0.2) is 0 Å². The van der Waals surface area contributed by atoms with E-state index in [1.165, 1.54) is 6.08 Å². The summed E-state index contributed by atoms with van der Waals surface area (Å²) in [4.78, 5) is 9.84. The van der Waals surface area contributed by atoms with Gasteiger partial charge >= 0.3 is 0 Å². The summed E-state index contributed by atoms with van der Waals surface area (Å²) in [5, 5.41) is 10.3. The minimum Gasteiger partial charge on any atom is -0.497 e. The predicted molar refractivity (Wildman–Crippen MR) is 68.3 cm³/mol. The van der Waals surface area contributed by atoms with E-state index in [1.807, 2.05) is 47.2 Å². The Hall–Kier alpha value is -2.56. The number of ether oxygens (including phenoxy) is 1. The van der Waals surface area contributed by atoms with Crippen LogP contribution in [0.2, 0.25) is 0 Å². The first kappa shape index (κ1) is 11.9. The molecule has 1 heterocycles. The SMILES string of the molecule is COc1ccc(-n2cccc2/C=C/[N+](=O)[O-])cc1. The van der Waals surface area contributed by atoms with Gasteiger partial charge in [0.25, 0.3) is 0 Å². The second-order valence-corrected chi connectivity index (χ2v) is 3.60. The van der Waals surface area contributed by atoms with Gasteiger partial charge in [0, 0.05) is 18.0 Å². The van der Waals surface area contributed by atoms with Crippen LogP contribution in [0.15, 0.2) is 48.8 Å². The molecule has 0 radical (unpaired) electrons. The van der Waals surface area contributed by atoms with Gasteiger partial charge in [0.2, 0.25) is 6.20 Å². The zero-order valence-electron chi connectivity index (χ0n) is 9.82. The standard InChI is InChI=1S/C13H12N2O3/c1-18-13-6-4-12(5-7-13)14-9-2-3-11(14)8-10-15(16)17/h2-10H,1H3/b10-8+. The van der Waals surface area contributed by atoms with E-state index >= 15 is 0 Å². The van der Waals surface area contributed by atoms with Crippen LogP contribution < -0.4 is 4.74 Å². The zero-order valence-corrected chi connectivity index (χ0v) is 9.82. The highest BCUT2D eigenvalue weighted by Gasteiger charge is 2.02. The van der Waals surface area contributed by atoms with Crippen molar-refractivity contribution in [2.24, 2.45) is 0 Å². The monoisotopic (exact) mass is 244 g/mol. The quantitative estimate of drug-likeness (QED) is 0.613. The number of hydrogen-bond acceptors (Lipinski definition) is 3. The molecule has 0 saturated carbocycles. The zero-order chi connectivity index (χ0) is 13.0. The number of hydrogen-bond donors (Lipinski definition) is 0. The lowest BCUT2D eigenvalue weighted by molar-refractivity contribution is -0.401. The number of nitrogens with zero attached hydrogens (tertiary/aromatic N) is 2. The maximum atomic E-state index is 10.3. The molecular weight excluding hydrogens is 232 g/mol. The van der Waals surface area contributed by atoms with Crippen molar-refractivity contribution in [1.82, 2.24) is 4.57 Å². The van der Waals surface area contributed by atoms with Crippen molar-refractivity contribution in [2.75, 3.05) is 7.11 Å². The molecule has 5 heteroatoms. The fourth-order valence-corrected chi connectivity index (χ4v) is 1.65. The van der Waals surface area contributed by atoms with Crippen molar-refractivity contribution < 1.29 is 9.66 Å². The van der Waals surface area contributed by atoms with E-state index in [-0.39, 0.29) is 0 Å². The highest BCUT2D eigenvalue weighted by Crippen LogP contribution is 2.17. The summed E-state index contributed by atoms with van der Waals surface area (Å²) in [5.74, 6) is 0.772. The molecule has 0 saturated heterocycles. The van der Waals surface area contributed by atoms with E-state index < -0.39 is 4.92 Å². The van der Waals surface area contributed by atoms with Gasteiger partial charge < -0.3 is 9.30 Å². The third kappa shape index (κ3) is 2.57. The van der Waals surface area contributed by atoms with Crippen LogP contribution >= 0.6 is 0 Å². The largest absolute Gasteiger partial charge is 0.497 e. The maximum Gasteiger partial charge on any atom is 0.236 e. The van der Waals surface area contributed by atoms with E-state index in [4.69, 9.17) is 4.74 Å². The fraction of sp³-hybridized carbons (Fsp3) is 0.0769. The van der Waals surface area contributed by atoms with Gasteiger partial charge in [0.05, 0.1) is 17.7 Å². The number of benzene rings is 1. The van der Waals surface area contributed by atoms with Gasteiger partial charge in [-0.3, -0.25) is 10.1 Å². The van der Waals surface area contributed by atoms with Gasteiger partial charge in [-0.15, -0.1) is 0 Å². The van der Waals surface area contributed by atoms with Crippen molar-refractivity contribution in [3.8, 4) is 11.4 Å². The Labute approximate surface area is 104 Å². The molecule has 92 valence electrons. The van der Waals surface area contributed by atoms with E-state index in [1.54, 1.807) is 7.11 Å². The van der Waals surface area contributed by atoms with Crippen LogP contribution in [0.5, 0.6) is 5.75 Å². The van der Waals surface area contributed by atoms with Crippen LogP contribution in [0.1, 0.15) is 5.69 Å². The molecule has 0 unspecified atom stereocenters. The number of rotatable bonds is 4. The number of aromatic nitrogens is 1. The van der Waals surface area contributed by atoms with Crippen LogP contribution in [-0.4, -0.2) is 16.6 Å². The molecule has 0 aliphatic rings. The first-order valence-corrected chi connectivity index (χ1v) is 5.34. The Morgan fingerprint density at radius 1 is 1.28 bits per heavy atom. The van der Waals surface area contributed by atoms with E-state index in [0.717, 1.165) is 23.3 Å². The van der Waals surface area contributed by atoms with Gasteiger partial charge in [0.1, 0.15) is 5.75 Å². The molecule has 1 aromatic heterocycles. The molecule has 0 bridgehead atoms. The summed E-state index contributed by atoms with van der Waals surface area (Å²) in [6.07, 6.45) is 4.24. The molecular formula is C13H12N2O3. The normalized spacial score (nSPS) is 10.7. The van der Waals surface area contributed by atoms with Crippen LogP contribution in [0.3, 0.4) is 0 Å². The highest BCUT2D eigenvalue weighted by atomic mass is 16.6. The molecule has 0 aliphatic carbocycles. The lowest BCUT2D eigenvalue weighted by Crippen LogP contribution is -1.95. The van der Waals surface area contributed by atoms with Crippen molar-refractivity contribution in [1.29, 1.82) is 0 Å². The Balaban J connectivity index is 2.32. The van der Waals surface area contributed by atoms with Crippen LogP contribution in [0.4, 0.5) is 0 Å². The molecule has 18 heavy (non-hydrogen) atoms. The molecule has 2 aromatic rings. The summed E-state index contributed by atoms with van der Waals surface area (Å²) in [6, 6.07) is 11.1. The minimum atomic E-state index is -0.481. The summed E-state index contributed by atoms with van der Waals surface area (Å²) in [7, 11) is 1.61. The molecule has 0 aliphatic heterocycles. The summed E-state index contributed by atoms with van der Waals surface area (Å²) >= 11 is 0. The van der Waals surface area contributed by atoms with Crippen molar-refractivity contribution in [3.63, 3.8) is 0 Å². The molecule has 0 N–H and O–H groups in total. The molecule has 0 atom stereocenters. The second-order valence-electron chi connectivity index (χ2n) is 3.60. The van der Waals surface area contributed by atoms with Gasteiger partial charge in [-0.05, 0) is 36.4 Å². The maximum absolute atomic E-state index is 10.3. The number of methoxy groups -OCH3 is 1. The van der Waals surface area contributed by atoms with Crippen molar-refractivity contribution in [2.45, 2.75) is 0 Å². The van der Waals surface area contributed by atoms with Crippen LogP contribution in [-0.2, 0) is 0 Å². The second kappa shape index (κ2) is 5.18. The Kier molecular flexibility index (Phi) is 3.43. The van der Waals surface area contributed by atoms with Gasteiger partial charge in [-0.25, -0.2) is 0 Å². The van der Waals surface area contributed by atoms with E-state index in [9.17, 15) is 10.1 Å². The van der Waals surface area contributed by atoms with Gasteiger partial charge in [-0.1, -0.05) is 0 Å². The number of nitro groups is 1. The smallest absolute Gasteiger partial charge is 0.236 e. The third-order valence-electron chi connectivity index (χ3n) is 2.50. The van der Waals surface area contributed by atoms with E-state index in [2.05, 4.69) is 0 Å². The lowest BCUT2D eigenvalue weighted by Gasteiger charge is -2.07. The van der Waals surface area contributed by atoms with Crippen molar-refractivity contribution in [3.05, 3.63) is 64.6 Å². The Morgan fingerprint density at radius 3 is 2.61 bits per heavy atom. The first-order valence-electron chi connectivity index (χ1n) is 5.34. The lowest BCUT2D eigenvalue weighted by atomic mass is 10.3. The highest BCUT2D eigenvalue weighted by molar-refractivity contribution is 5.50. The van der Waals surface area contributed by atoms with Gasteiger partial charge in [-0.2, -0.15) is 0 Å². The Morgan fingerprint density at radius 2 is 2.00 bits per heavy atom. The summed E-state index contributed by atoms with van der Waals surface area (Å²) < 4.78 is 6.94. The van der Waals surface area contributed by atoms with Crippen LogP contribution in [0, 0.1) is 10.1 Å². The van der Waals surface area contributed by atoms with E-state index in [0.29, 0.717) is 0 Å². The molecule has 0 spiro atoms. The minimum absolute atomic E-state index is 0.481. The average Bonchev–Trinajstić information content (AvgIpc) is 2.85. The molecule has 0 fully saturated rings. The molecule has 0 amide bonds. The van der Waals surface area contributed by atoms with Crippen molar-refractivity contribution >= 4 is 6.08 Å². The molecule has 2 rings (SSSR count). The molecule has 5 nitrogen and oxygen atoms in total. The summed E-state index contributed by atoms with van der Waals surface area (Å²) in [6.45, 7) is 0. The first-order chi connectivity index (χ1) is 8.70. The molecule has 1 aromatic carbocycles. The van der Waals surface area contributed by atoms with Crippen LogP contribution in [0.25, 0.3) is 11.8 Å². The average molecular weight is 244 g/mol. The fourth-order valence-electron chi connectivity index (χ4n) is 1.65. The summed E-state index contributed by atoms with van der Waals surface area (Å²) in [5.41, 5.74) is 1.67. The third-order valence-corrected chi connectivity index (χ3v) is 2.50.